The van der Waals surface area contributed by atoms with Crippen LogP contribution in [-0.4, -0.2) is 29.1 Å². The second kappa shape index (κ2) is 5.67. The van der Waals surface area contributed by atoms with Gasteiger partial charge in [0.15, 0.2) is 0 Å². The number of rotatable bonds is 5. The molecule has 1 amide bonds. The molecule has 20 heavy (non-hydrogen) atoms. The monoisotopic (exact) mass is 278 g/mol. The molecule has 0 aromatic rings. The first-order valence-electron chi connectivity index (χ1n) is 8.73. The van der Waals surface area contributed by atoms with Crippen LogP contribution < -0.4 is 5.32 Å². The summed E-state index contributed by atoms with van der Waals surface area (Å²) < 4.78 is 0. The lowest BCUT2D eigenvalue weighted by Gasteiger charge is -2.32. The summed E-state index contributed by atoms with van der Waals surface area (Å²) in [6.45, 7) is 5.21. The average Bonchev–Trinajstić information content (AvgIpc) is 2.99. The molecule has 2 saturated carbocycles. The van der Waals surface area contributed by atoms with Crippen LogP contribution in [-0.2, 0) is 4.79 Å². The van der Waals surface area contributed by atoms with E-state index in [0.29, 0.717) is 18.0 Å². The minimum Gasteiger partial charge on any atom is -0.325 e. The fourth-order valence-electron chi connectivity index (χ4n) is 4.15. The van der Waals surface area contributed by atoms with Crippen LogP contribution >= 0.6 is 0 Å². The van der Waals surface area contributed by atoms with E-state index in [4.69, 9.17) is 0 Å². The van der Waals surface area contributed by atoms with Gasteiger partial charge in [-0.25, -0.2) is 0 Å². The molecule has 0 spiro atoms. The van der Waals surface area contributed by atoms with Gasteiger partial charge >= 0.3 is 0 Å². The molecular weight excluding hydrogens is 248 g/mol. The molecule has 3 aliphatic rings. The quantitative estimate of drug-likeness (QED) is 0.837. The van der Waals surface area contributed by atoms with Crippen LogP contribution in [0.2, 0.25) is 0 Å². The van der Waals surface area contributed by atoms with Crippen molar-refractivity contribution in [2.75, 3.05) is 6.54 Å². The Labute approximate surface area is 123 Å². The van der Waals surface area contributed by atoms with E-state index in [-0.39, 0.29) is 5.54 Å². The molecule has 3 heteroatoms. The summed E-state index contributed by atoms with van der Waals surface area (Å²) in [5.41, 5.74) is -0.313. The van der Waals surface area contributed by atoms with Gasteiger partial charge in [-0.2, -0.15) is 0 Å². The van der Waals surface area contributed by atoms with Crippen molar-refractivity contribution in [2.45, 2.75) is 83.3 Å². The molecule has 2 aliphatic carbocycles. The van der Waals surface area contributed by atoms with E-state index < -0.39 is 0 Å². The summed E-state index contributed by atoms with van der Waals surface area (Å²) in [5, 5.41) is 3.69. The van der Waals surface area contributed by atoms with E-state index in [2.05, 4.69) is 24.1 Å². The van der Waals surface area contributed by atoms with Crippen molar-refractivity contribution in [3.05, 3.63) is 0 Å². The first kappa shape index (κ1) is 14.4. The highest BCUT2D eigenvalue weighted by atomic mass is 16.2. The third kappa shape index (κ3) is 2.49. The van der Waals surface area contributed by atoms with Crippen LogP contribution in [0.25, 0.3) is 0 Å². The number of amides is 1. The molecule has 1 saturated heterocycles. The Morgan fingerprint density at radius 2 is 1.90 bits per heavy atom. The van der Waals surface area contributed by atoms with Gasteiger partial charge in [-0.05, 0) is 44.4 Å². The van der Waals surface area contributed by atoms with Crippen molar-refractivity contribution < 1.29 is 4.79 Å². The summed E-state index contributed by atoms with van der Waals surface area (Å²) in [4.78, 5) is 15.0. The van der Waals surface area contributed by atoms with Crippen LogP contribution in [0.4, 0.5) is 0 Å². The molecular formula is C17H30N2O. The molecule has 2 atom stereocenters. The second-order valence-corrected chi connectivity index (χ2v) is 7.40. The largest absolute Gasteiger partial charge is 0.325 e. The van der Waals surface area contributed by atoms with Gasteiger partial charge in [0, 0.05) is 6.54 Å². The highest BCUT2D eigenvalue weighted by Gasteiger charge is 2.49. The highest BCUT2D eigenvalue weighted by Crippen LogP contribution is 2.37. The van der Waals surface area contributed by atoms with Gasteiger partial charge in [0.2, 0.25) is 5.91 Å². The summed E-state index contributed by atoms with van der Waals surface area (Å²) in [7, 11) is 0. The van der Waals surface area contributed by atoms with Crippen molar-refractivity contribution >= 4 is 5.91 Å². The fourth-order valence-corrected chi connectivity index (χ4v) is 4.15. The Hall–Kier alpha value is -0.570. The molecule has 0 radical (unpaired) electrons. The van der Waals surface area contributed by atoms with Gasteiger partial charge in [0.25, 0.3) is 0 Å². The van der Waals surface area contributed by atoms with Crippen molar-refractivity contribution in [3.8, 4) is 0 Å². The van der Waals surface area contributed by atoms with Crippen LogP contribution in [0.3, 0.4) is 0 Å². The van der Waals surface area contributed by atoms with Crippen LogP contribution in [0.1, 0.15) is 71.6 Å². The standard InChI is InChI=1S/C17H30N2O/c1-3-17(2)16(20)19(12-11-13-7-6-8-13)15(18-17)14-9-4-5-10-14/h13-15,18H,3-12H2,1-2H3. The Morgan fingerprint density at radius 3 is 2.45 bits per heavy atom. The number of nitrogens with zero attached hydrogens (tertiary/aromatic N) is 1. The first-order chi connectivity index (χ1) is 9.64. The lowest BCUT2D eigenvalue weighted by Crippen LogP contribution is -2.45. The van der Waals surface area contributed by atoms with E-state index in [1.54, 1.807) is 0 Å². The van der Waals surface area contributed by atoms with E-state index in [9.17, 15) is 4.79 Å². The van der Waals surface area contributed by atoms with Gasteiger partial charge in [-0.3, -0.25) is 10.1 Å². The summed E-state index contributed by atoms with van der Waals surface area (Å²) in [5.74, 6) is 1.94. The number of hydrogen-bond acceptors (Lipinski definition) is 2. The van der Waals surface area contributed by atoms with Crippen LogP contribution in [0.15, 0.2) is 0 Å². The summed E-state index contributed by atoms with van der Waals surface area (Å²) >= 11 is 0. The number of hydrogen-bond donors (Lipinski definition) is 1. The molecule has 2 unspecified atom stereocenters. The maximum atomic E-state index is 12.8. The second-order valence-electron chi connectivity index (χ2n) is 7.40. The van der Waals surface area contributed by atoms with Crippen molar-refractivity contribution in [3.63, 3.8) is 0 Å². The molecule has 1 N–H and O–H groups in total. The topological polar surface area (TPSA) is 32.3 Å². The van der Waals surface area contributed by atoms with Gasteiger partial charge in [0.05, 0.1) is 11.7 Å². The van der Waals surface area contributed by atoms with Gasteiger partial charge in [-0.1, -0.05) is 39.0 Å². The molecule has 0 aromatic heterocycles. The fraction of sp³-hybridized carbons (Fsp3) is 0.941. The Balaban J connectivity index is 1.69. The average molecular weight is 278 g/mol. The molecule has 0 aromatic carbocycles. The minimum absolute atomic E-state index is 0.313. The normalized spacial score (nSPS) is 35.8. The molecule has 3 rings (SSSR count). The predicted molar refractivity (Wildman–Crippen MR) is 81.2 cm³/mol. The Bertz CT molecular complexity index is 360. The minimum atomic E-state index is -0.313. The zero-order chi connectivity index (χ0) is 14.2. The van der Waals surface area contributed by atoms with Gasteiger partial charge in [-0.15, -0.1) is 0 Å². The first-order valence-corrected chi connectivity index (χ1v) is 8.73. The maximum absolute atomic E-state index is 12.8. The number of carbonyl (C=O) groups is 1. The van der Waals surface area contributed by atoms with Gasteiger partial charge in [0.1, 0.15) is 0 Å². The SMILES string of the molecule is CCC1(C)NC(C2CCCC2)N(CCC2CCC2)C1=O. The maximum Gasteiger partial charge on any atom is 0.243 e. The Kier molecular flexibility index (Phi) is 4.07. The lowest BCUT2D eigenvalue weighted by atomic mass is 9.83. The van der Waals surface area contributed by atoms with Gasteiger partial charge < -0.3 is 4.90 Å². The lowest BCUT2D eigenvalue weighted by molar-refractivity contribution is -0.133. The predicted octanol–water partition coefficient (Wildman–Crippen LogP) is 3.29. The molecule has 1 aliphatic heterocycles. The van der Waals surface area contributed by atoms with E-state index in [1.807, 2.05) is 0 Å². The van der Waals surface area contributed by atoms with Crippen LogP contribution in [0, 0.1) is 11.8 Å². The van der Waals surface area contributed by atoms with Crippen molar-refractivity contribution in [1.82, 2.24) is 10.2 Å². The van der Waals surface area contributed by atoms with Crippen molar-refractivity contribution in [2.24, 2.45) is 11.8 Å². The summed E-state index contributed by atoms with van der Waals surface area (Å²) in [6.07, 6.45) is 11.9. The van der Waals surface area contributed by atoms with Crippen molar-refractivity contribution in [1.29, 1.82) is 0 Å². The van der Waals surface area contributed by atoms with E-state index >= 15 is 0 Å². The molecule has 3 fully saturated rings. The molecule has 3 nitrogen and oxygen atoms in total. The van der Waals surface area contributed by atoms with E-state index in [0.717, 1.165) is 18.9 Å². The molecule has 0 bridgehead atoms. The van der Waals surface area contributed by atoms with E-state index in [1.165, 1.54) is 51.4 Å². The zero-order valence-corrected chi connectivity index (χ0v) is 13.2. The zero-order valence-electron chi connectivity index (χ0n) is 13.2. The smallest absolute Gasteiger partial charge is 0.243 e. The molecule has 1 heterocycles. The summed E-state index contributed by atoms with van der Waals surface area (Å²) in [6, 6.07) is 0. The highest BCUT2D eigenvalue weighted by molar-refractivity contribution is 5.88. The number of nitrogens with one attached hydrogen (secondary N) is 1. The molecule has 114 valence electrons. The third-order valence-corrected chi connectivity index (χ3v) is 6.09. The van der Waals surface area contributed by atoms with Crippen LogP contribution in [0.5, 0.6) is 0 Å². The Morgan fingerprint density at radius 1 is 1.20 bits per heavy atom. The number of carbonyl (C=O) groups excluding carboxylic acids is 1. The third-order valence-electron chi connectivity index (χ3n) is 6.09.